The number of guanidine groups is 1. The smallest absolute Gasteiger partial charge is 0.280 e. The van der Waals surface area contributed by atoms with E-state index in [2.05, 4.69) is 20.5 Å². The monoisotopic (exact) mass is 240 g/mol. The van der Waals surface area contributed by atoms with Gasteiger partial charge in [0, 0.05) is 6.54 Å². The van der Waals surface area contributed by atoms with E-state index in [1.54, 1.807) is 0 Å². The minimum Gasteiger partial charge on any atom is -0.370 e. The van der Waals surface area contributed by atoms with Gasteiger partial charge in [0.2, 0.25) is 6.08 Å². The molecule has 9 heteroatoms. The van der Waals surface area contributed by atoms with E-state index in [9.17, 15) is 14.4 Å². The van der Waals surface area contributed by atoms with Crippen molar-refractivity contribution in [2.75, 3.05) is 6.54 Å². The van der Waals surface area contributed by atoms with Crippen molar-refractivity contribution < 1.29 is 14.4 Å². The average molecular weight is 240 g/mol. The fraction of sp³-hybridized carbons (Fsp3) is 0.500. The summed E-state index contributed by atoms with van der Waals surface area (Å²) in [6.45, 7) is 0.309. The number of nitrogens with two attached hydrogens (primary N) is 2. The molecule has 0 fully saturated rings. The van der Waals surface area contributed by atoms with Crippen molar-refractivity contribution in [3.63, 3.8) is 0 Å². The van der Waals surface area contributed by atoms with E-state index in [0.717, 1.165) is 6.08 Å². The lowest BCUT2D eigenvalue weighted by Gasteiger charge is -2.09. The van der Waals surface area contributed by atoms with Gasteiger partial charge in [0.05, 0.1) is 0 Å². The molecule has 1 amide bonds. The number of carbonyl (C=O) groups is 1. The van der Waals surface area contributed by atoms with Crippen LogP contribution in [0.15, 0.2) is 15.1 Å². The second kappa shape index (κ2) is 8.78. The quantitative estimate of drug-likeness (QED) is 0.155. The molecule has 0 unspecified atom stereocenters. The maximum Gasteiger partial charge on any atom is 0.280 e. The lowest BCUT2D eigenvalue weighted by Crippen LogP contribution is -2.32. The van der Waals surface area contributed by atoms with Crippen molar-refractivity contribution in [1.29, 1.82) is 0 Å². The lowest BCUT2D eigenvalue weighted by atomic mass is 10.1. The van der Waals surface area contributed by atoms with Crippen molar-refractivity contribution >= 4 is 24.0 Å². The number of hydrogen-bond donors (Lipinski definition) is 3. The molecule has 0 saturated carbocycles. The molecule has 0 spiro atoms. The summed E-state index contributed by atoms with van der Waals surface area (Å²) < 4.78 is 0. The zero-order chi connectivity index (χ0) is 13.1. The van der Waals surface area contributed by atoms with Gasteiger partial charge >= 0.3 is 0 Å². The van der Waals surface area contributed by atoms with Gasteiger partial charge in [-0.2, -0.15) is 0 Å². The fourth-order valence-corrected chi connectivity index (χ4v) is 0.974. The summed E-state index contributed by atoms with van der Waals surface area (Å²) in [6, 6.07) is -0.896. The van der Waals surface area contributed by atoms with Crippen LogP contribution in [0.4, 0.5) is 0 Å². The van der Waals surface area contributed by atoms with Gasteiger partial charge in [-0.3, -0.25) is 15.2 Å². The molecule has 92 valence electrons. The Morgan fingerprint density at radius 1 is 1.29 bits per heavy atom. The molecule has 0 bridgehead atoms. The van der Waals surface area contributed by atoms with E-state index in [1.165, 1.54) is 6.08 Å². The van der Waals surface area contributed by atoms with Crippen LogP contribution in [0.25, 0.3) is 0 Å². The predicted molar refractivity (Wildman–Crippen MR) is 58.1 cm³/mol. The van der Waals surface area contributed by atoms with E-state index in [0.29, 0.717) is 13.0 Å². The minimum atomic E-state index is -0.896. The highest BCUT2D eigenvalue weighted by Crippen LogP contribution is 2.00. The van der Waals surface area contributed by atoms with Gasteiger partial charge in [-0.1, -0.05) is 5.10 Å². The normalized spacial score (nSPS) is 10.4. The fourth-order valence-electron chi connectivity index (χ4n) is 0.974. The summed E-state index contributed by atoms with van der Waals surface area (Å²) in [5.74, 6) is -0.832. The third-order valence-corrected chi connectivity index (χ3v) is 1.67. The summed E-state index contributed by atoms with van der Waals surface area (Å²) in [4.78, 5) is 37.6. The third-order valence-electron chi connectivity index (χ3n) is 1.67. The van der Waals surface area contributed by atoms with E-state index in [-0.39, 0.29) is 12.4 Å². The van der Waals surface area contributed by atoms with Gasteiger partial charge < -0.3 is 11.5 Å². The van der Waals surface area contributed by atoms with E-state index >= 15 is 0 Å². The van der Waals surface area contributed by atoms with Crippen LogP contribution in [0, 0.1) is 0 Å². The summed E-state index contributed by atoms with van der Waals surface area (Å²) in [6.07, 6.45) is 3.02. The number of hydrazone groups is 1. The maximum absolute atomic E-state index is 11.2. The van der Waals surface area contributed by atoms with Gasteiger partial charge in [-0.25, -0.2) is 9.59 Å². The van der Waals surface area contributed by atoms with Crippen LogP contribution in [0.1, 0.15) is 12.8 Å². The summed E-state index contributed by atoms with van der Waals surface area (Å²) in [7, 11) is 0. The molecule has 0 saturated heterocycles. The van der Waals surface area contributed by atoms with Crippen LogP contribution in [0.2, 0.25) is 0 Å². The first-order valence-electron chi connectivity index (χ1n) is 4.61. The van der Waals surface area contributed by atoms with Crippen LogP contribution >= 0.6 is 0 Å². The third kappa shape index (κ3) is 7.43. The number of rotatable bonds is 7. The van der Waals surface area contributed by atoms with Crippen molar-refractivity contribution in [1.82, 2.24) is 5.43 Å². The molecule has 0 aromatic carbocycles. The Kier molecular flexibility index (Phi) is 7.49. The zero-order valence-corrected chi connectivity index (χ0v) is 8.92. The number of hydrogen-bond acceptors (Lipinski definition) is 6. The molecule has 0 radical (unpaired) electrons. The molecular formula is C8H12N6O3. The molecule has 9 nitrogen and oxygen atoms in total. The molecule has 0 rings (SSSR count). The summed E-state index contributed by atoms with van der Waals surface area (Å²) in [5.41, 5.74) is 12.4. The Bertz CT molecular complexity index is 377. The van der Waals surface area contributed by atoms with Crippen molar-refractivity contribution in [3.05, 3.63) is 0 Å². The number of nitrogens with one attached hydrogen (secondary N) is 1. The molecule has 5 N–H and O–H groups in total. The number of nitrogens with zero attached hydrogens (tertiary/aromatic N) is 3. The van der Waals surface area contributed by atoms with Gasteiger partial charge in [0.1, 0.15) is 6.04 Å². The summed E-state index contributed by atoms with van der Waals surface area (Å²) in [5, 5.41) is 3.04. The number of carbonyl (C=O) groups excluding carboxylic acids is 3. The largest absolute Gasteiger partial charge is 0.370 e. The minimum absolute atomic E-state index is 0.0577. The van der Waals surface area contributed by atoms with Gasteiger partial charge in [-0.05, 0) is 12.8 Å². The standard InChI is InChI=1S/C8H12N6O3/c9-8(10)11-3-1-2-6(14-13-5-16)7(17)12-4-15/h6,14H,1-3H2,(H4,9,10,11)/t6-/m0/s1. The van der Waals surface area contributed by atoms with E-state index in [4.69, 9.17) is 11.5 Å². The first kappa shape index (κ1) is 14.5. The molecule has 1 atom stereocenters. The molecule has 0 aromatic rings. The highest BCUT2D eigenvalue weighted by atomic mass is 16.2. The van der Waals surface area contributed by atoms with Gasteiger partial charge in [0.25, 0.3) is 12.0 Å². The molecule has 0 aliphatic heterocycles. The first-order chi connectivity index (χ1) is 8.11. The molecule has 0 aromatic heterocycles. The van der Waals surface area contributed by atoms with Gasteiger partial charge in [0.15, 0.2) is 5.96 Å². The second-order valence-electron chi connectivity index (χ2n) is 2.87. The Morgan fingerprint density at radius 3 is 2.53 bits per heavy atom. The Morgan fingerprint density at radius 2 is 2.00 bits per heavy atom. The van der Waals surface area contributed by atoms with E-state index in [1.807, 2.05) is 0 Å². The van der Waals surface area contributed by atoms with Crippen LogP contribution < -0.4 is 16.9 Å². The van der Waals surface area contributed by atoms with Gasteiger partial charge in [-0.15, -0.1) is 4.99 Å². The Labute approximate surface area is 96.7 Å². The maximum atomic E-state index is 11.2. The molecular weight excluding hydrogens is 228 g/mol. The Balaban J connectivity index is 4.28. The number of isocyanates is 2. The van der Waals surface area contributed by atoms with Crippen molar-refractivity contribution in [2.24, 2.45) is 26.6 Å². The average Bonchev–Trinajstić information content (AvgIpc) is 2.28. The predicted octanol–water partition coefficient (Wildman–Crippen LogP) is -1.89. The van der Waals surface area contributed by atoms with E-state index < -0.39 is 11.9 Å². The van der Waals surface area contributed by atoms with Crippen molar-refractivity contribution in [2.45, 2.75) is 18.9 Å². The van der Waals surface area contributed by atoms with Crippen LogP contribution in [0.3, 0.4) is 0 Å². The van der Waals surface area contributed by atoms with Crippen LogP contribution in [0.5, 0.6) is 0 Å². The molecule has 17 heavy (non-hydrogen) atoms. The lowest BCUT2D eigenvalue weighted by molar-refractivity contribution is -0.119. The topological polar surface area (TPSA) is 152 Å². The number of aliphatic imine (C=N–C) groups is 2. The van der Waals surface area contributed by atoms with Crippen molar-refractivity contribution in [3.8, 4) is 0 Å². The molecule has 0 aliphatic rings. The highest BCUT2D eigenvalue weighted by molar-refractivity contribution is 5.86. The first-order valence-corrected chi connectivity index (χ1v) is 4.61. The summed E-state index contributed by atoms with van der Waals surface area (Å²) >= 11 is 0. The second-order valence-corrected chi connectivity index (χ2v) is 2.87. The van der Waals surface area contributed by atoms with Crippen LogP contribution in [-0.4, -0.2) is 36.6 Å². The zero-order valence-electron chi connectivity index (χ0n) is 8.92. The van der Waals surface area contributed by atoms with Crippen LogP contribution in [-0.2, 0) is 14.4 Å². The number of amides is 1. The molecule has 0 heterocycles. The highest BCUT2D eigenvalue weighted by Gasteiger charge is 2.16. The SMILES string of the molecule is NC(N)=NCCC[C@H](NN=C=O)C(=O)N=C=O. The molecule has 0 aliphatic carbocycles. The Hall–Kier alpha value is -2.50.